The molecular weight excluding hydrogens is 382 g/mol. The Morgan fingerprint density at radius 2 is 1.96 bits per heavy atom. The third-order valence-corrected chi connectivity index (χ3v) is 7.06. The molecule has 8 heteroatoms. The molecule has 144 valence electrons. The van der Waals surface area contributed by atoms with Gasteiger partial charge in [0.2, 0.25) is 10.0 Å². The van der Waals surface area contributed by atoms with Crippen molar-refractivity contribution in [2.24, 2.45) is 7.05 Å². The minimum absolute atomic E-state index is 0.176. The predicted octanol–water partition coefficient (Wildman–Crippen LogP) is 3.30. The molecule has 0 saturated carbocycles. The molecule has 27 heavy (non-hydrogen) atoms. The number of hydrogen-bond acceptors (Lipinski definition) is 5. The zero-order valence-corrected chi connectivity index (χ0v) is 17.4. The van der Waals surface area contributed by atoms with Crippen LogP contribution in [0.5, 0.6) is 5.75 Å². The summed E-state index contributed by atoms with van der Waals surface area (Å²) in [4.78, 5) is 2.41. The Bertz CT molecular complexity index is 1050. The maximum atomic E-state index is 12.7. The number of nitrogens with zero attached hydrogens (tertiary/aromatic N) is 2. The third kappa shape index (κ3) is 4.40. The van der Waals surface area contributed by atoms with Crippen LogP contribution in [0.15, 0.2) is 41.6 Å². The number of ether oxygens (including phenoxy) is 1. The Morgan fingerprint density at radius 3 is 2.63 bits per heavy atom. The summed E-state index contributed by atoms with van der Waals surface area (Å²) in [6.45, 7) is 4.14. The van der Waals surface area contributed by atoms with Crippen molar-refractivity contribution < 1.29 is 13.2 Å². The number of hydrogen-bond donors (Lipinski definition) is 1. The van der Waals surface area contributed by atoms with Crippen molar-refractivity contribution in [2.45, 2.75) is 25.2 Å². The molecule has 0 atom stereocenters. The number of benzene rings is 1. The summed E-state index contributed by atoms with van der Waals surface area (Å²) in [7, 11) is -0.274. The molecule has 1 N–H and O–H groups in total. The molecule has 6 nitrogen and oxygen atoms in total. The number of rotatable bonds is 7. The molecule has 0 aliphatic heterocycles. The van der Waals surface area contributed by atoms with Gasteiger partial charge < -0.3 is 4.74 Å². The van der Waals surface area contributed by atoms with Gasteiger partial charge in [-0.3, -0.25) is 4.68 Å². The summed E-state index contributed by atoms with van der Waals surface area (Å²) in [6.07, 6.45) is 4.41. The first kappa shape index (κ1) is 19.6. The monoisotopic (exact) mass is 405 g/mol. The normalized spacial score (nSPS) is 11.7. The van der Waals surface area contributed by atoms with Crippen LogP contribution in [0.4, 0.5) is 0 Å². The maximum absolute atomic E-state index is 12.7. The van der Waals surface area contributed by atoms with Gasteiger partial charge >= 0.3 is 0 Å². The van der Waals surface area contributed by atoms with Gasteiger partial charge in [-0.15, -0.1) is 11.3 Å². The van der Waals surface area contributed by atoms with E-state index in [0.717, 1.165) is 26.4 Å². The van der Waals surface area contributed by atoms with Crippen LogP contribution in [0, 0.1) is 13.8 Å². The van der Waals surface area contributed by atoms with Crippen molar-refractivity contribution >= 4 is 21.4 Å². The quantitative estimate of drug-likeness (QED) is 0.655. The number of thiophene rings is 1. The largest absolute Gasteiger partial charge is 0.495 e. The second-order valence-corrected chi connectivity index (χ2v) is 9.31. The molecule has 2 heterocycles. The highest BCUT2D eigenvalue weighted by molar-refractivity contribution is 7.89. The molecule has 0 spiro atoms. The third-order valence-electron chi connectivity index (χ3n) is 4.38. The molecule has 0 fully saturated rings. The first-order chi connectivity index (χ1) is 12.8. The van der Waals surface area contributed by atoms with Crippen LogP contribution < -0.4 is 9.46 Å². The highest BCUT2D eigenvalue weighted by Gasteiger charge is 2.20. The Balaban J connectivity index is 1.68. The van der Waals surface area contributed by atoms with Gasteiger partial charge in [-0.2, -0.15) is 5.10 Å². The van der Waals surface area contributed by atoms with E-state index in [4.69, 9.17) is 4.74 Å². The summed E-state index contributed by atoms with van der Waals surface area (Å²) in [5.41, 5.74) is 2.97. The fraction of sp³-hybridized carbons (Fsp3) is 0.316. The van der Waals surface area contributed by atoms with Gasteiger partial charge in [0.05, 0.1) is 13.3 Å². The van der Waals surface area contributed by atoms with Crippen LogP contribution in [-0.4, -0.2) is 31.9 Å². The SMILES string of the molecule is COc1cc(C)c(C)cc1S(=O)(=O)NCCc1ccc(-c2cnn(C)c2)s1. The molecule has 3 aromatic rings. The Labute approximate surface area is 163 Å². The van der Waals surface area contributed by atoms with E-state index in [9.17, 15) is 8.42 Å². The van der Waals surface area contributed by atoms with Gasteiger partial charge in [0.25, 0.3) is 0 Å². The fourth-order valence-electron chi connectivity index (χ4n) is 2.73. The van der Waals surface area contributed by atoms with E-state index < -0.39 is 10.0 Å². The van der Waals surface area contributed by atoms with Gasteiger partial charge in [-0.1, -0.05) is 0 Å². The van der Waals surface area contributed by atoms with Gasteiger partial charge in [-0.25, -0.2) is 13.1 Å². The molecule has 0 saturated heterocycles. The van der Waals surface area contributed by atoms with Crippen molar-refractivity contribution in [3.8, 4) is 16.2 Å². The van der Waals surface area contributed by atoms with Crippen molar-refractivity contribution in [2.75, 3.05) is 13.7 Å². The van der Waals surface area contributed by atoms with E-state index in [-0.39, 0.29) is 4.90 Å². The molecule has 0 bridgehead atoms. The molecule has 2 aromatic heterocycles. The molecule has 0 radical (unpaired) electrons. The van der Waals surface area contributed by atoms with E-state index in [1.807, 2.05) is 45.4 Å². The Morgan fingerprint density at radius 1 is 1.22 bits per heavy atom. The standard InChI is InChI=1S/C19H23N3O3S2/c1-13-9-17(25-4)19(10-14(13)2)27(23,24)21-8-7-16-5-6-18(26-16)15-11-20-22(3)12-15/h5-6,9-12,21H,7-8H2,1-4H3. The highest BCUT2D eigenvalue weighted by Crippen LogP contribution is 2.29. The minimum atomic E-state index is -3.64. The van der Waals surface area contributed by atoms with Gasteiger partial charge in [-0.05, 0) is 55.7 Å². The van der Waals surface area contributed by atoms with E-state index in [1.54, 1.807) is 28.2 Å². The average Bonchev–Trinajstić information content (AvgIpc) is 3.25. The van der Waals surface area contributed by atoms with Crippen LogP contribution in [0.2, 0.25) is 0 Å². The lowest BCUT2D eigenvalue weighted by Crippen LogP contribution is -2.26. The number of methoxy groups -OCH3 is 1. The molecule has 0 unspecified atom stereocenters. The topological polar surface area (TPSA) is 73.2 Å². The first-order valence-electron chi connectivity index (χ1n) is 8.53. The summed E-state index contributed by atoms with van der Waals surface area (Å²) in [5.74, 6) is 0.362. The first-order valence-corrected chi connectivity index (χ1v) is 10.8. The zero-order valence-electron chi connectivity index (χ0n) is 15.8. The van der Waals surface area contributed by atoms with Crippen LogP contribution in [0.1, 0.15) is 16.0 Å². The highest BCUT2D eigenvalue weighted by atomic mass is 32.2. The molecule has 0 amide bonds. The van der Waals surface area contributed by atoms with Crippen molar-refractivity contribution in [1.82, 2.24) is 14.5 Å². The van der Waals surface area contributed by atoms with Crippen LogP contribution in [0.3, 0.4) is 0 Å². The Hall–Kier alpha value is -2.16. The second-order valence-electron chi connectivity index (χ2n) is 6.40. The fourth-order valence-corrected chi connectivity index (χ4v) is 4.98. The maximum Gasteiger partial charge on any atom is 0.244 e. The van der Waals surface area contributed by atoms with Crippen LogP contribution >= 0.6 is 11.3 Å². The number of aromatic nitrogens is 2. The van der Waals surface area contributed by atoms with Gasteiger partial charge in [0.1, 0.15) is 10.6 Å². The van der Waals surface area contributed by atoms with Crippen molar-refractivity contribution in [1.29, 1.82) is 0 Å². The number of nitrogens with one attached hydrogen (secondary N) is 1. The Kier molecular flexibility index (Phi) is 5.69. The summed E-state index contributed by atoms with van der Waals surface area (Å²) >= 11 is 1.64. The van der Waals surface area contributed by atoms with Crippen molar-refractivity contribution in [3.63, 3.8) is 0 Å². The summed E-state index contributed by atoms with van der Waals surface area (Å²) in [6, 6.07) is 7.47. The van der Waals surface area contributed by atoms with Gasteiger partial charge in [0, 0.05) is 35.1 Å². The molecular formula is C19H23N3O3S2. The van der Waals surface area contributed by atoms with E-state index in [1.165, 1.54) is 7.11 Å². The second kappa shape index (κ2) is 7.84. The molecule has 1 aromatic carbocycles. The number of aryl methyl sites for hydroxylation is 3. The minimum Gasteiger partial charge on any atom is -0.495 e. The smallest absolute Gasteiger partial charge is 0.244 e. The summed E-state index contributed by atoms with van der Waals surface area (Å²) < 4.78 is 35.1. The lowest BCUT2D eigenvalue weighted by Gasteiger charge is -2.13. The molecule has 0 aliphatic rings. The molecule has 3 rings (SSSR count). The molecule has 0 aliphatic carbocycles. The lowest BCUT2D eigenvalue weighted by atomic mass is 10.1. The zero-order chi connectivity index (χ0) is 19.6. The van der Waals surface area contributed by atoms with Crippen molar-refractivity contribution in [3.05, 3.63) is 52.7 Å². The average molecular weight is 406 g/mol. The van der Waals surface area contributed by atoms with Crippen LogP contribution in [-0.2, 0) is 23.5 Å². The van der Waals surface area contributed by atoms with Crippen LogP contribution in [0.25, 0.3) is 10.4 Å². The van der Waals surface area contributed by atoms with E-state index >= 15 is 0 Å². The predicted molar refractivity (Wildman–Crippen MR) is 108 cm³/mol. The van der Waals surface area contributed by atoms with E-state index in [0.29, 0.717) is 18.7 Å². The lowest BCUT2D eigenvalue weighted by molar-refractivity contribution is 0.402. The van der Waals surface area contributed by atoms with E-state index in [2.05, 4.69) is 9.82 Å². The van der Waals surface area contributed by atoms with Gasteiger partial charge in [0.15, 0.2) is 0 Å². The number of sulfonamides is 1. The summed E-state index contributed by atoms with van der Waals surface area (Å²) in [5, 5.41) is 4.18.